The molecule has 0 saturated heterocycles. The van der Waals surface area contributed by atoms with Crippen LogP contribution >= 0.6 is 0 Å². The minimum Gasteiger partial charge on any atom is -0.495 e. The Balaban J connectivity index is 2.20. The van der Waals surface area contributed by atoms with E-state index in [9.17, 15) is 17.6 Å². The minimum atomic E-state index is -4.11. The van der Waals surface area contributed by atoms with E-state index in [1.54, 1.807) is 14.0 Å². The fourth-order valence-electron chi connectivity index (χ4n) is 3.34. The van der Waals surface area contributed by atoms with Crippen molar-refractivity contribution < 1.29 is 22.3 Å². The smallest absolute Gasteiger partial charge is 0.275 e. The summed E-state index contributed by atoms with van der Waals surface area (Å²) in [4.78, 5) is 13.7. The van der Waals surface area contributed by atoms with Crippen LogP contribution in [0.4, 0.5) is 4.39 Å². The van der Waals surface area contributed by atoms with Crippen molar-refractivity contribution in [2.75, 3.05) is 27.4 Å². The Morgan fingerprint density at radius 1 is 1.41 bits per heavy atom. The summed E-state index contributed by atoms with van der Waals surface area (Å²) >= 11 is 0. The highest BCUT2D eigenvalue weighted by atomic mass is 32.2. The number of aromatic nitrogens is 3. The maximum absolute atomic E-state index is 13.3. The molecule has 174 valence electrons. The van der Waals surface area contributed by atoms with E-state index in [-0.39, 0.29) is 46.1 Å². The maximum atomic E-state index is 13.3. The van der Waals surface area contributed by atoms with Crippen LogP contribution in [-0.2, 0) is 10.0 Å². The summed E-state index contributed by atoms with van der Waals surface area (Å²) < 4.78 is 47.1. The van der Waals surface area contributed by atoms with Gasteiger partial charge in [-0.25, -0.2) is 13.1 Å². The van der Waals surface area contributed by atoms with Gasteiger partial charge in [0.25, 0.3) is 5.91 Å². The number of methoxy groups -OCH3 is 1. The van der Waals surface area contributed by atoms with Gasteiger partial charge in [-0.1, -0.05) is 13.8 Å². The fourth-order valence-corrected chi connectivity index (χ4v) is 4.90. The van der Waals surface area contributed by atoms with Crippen molar-refractivity contribution in [1.82, 2.24) is 25.0 Å². The lowest BCUT2D eigenvalue weighted by Gasteiger charge is -2.31. The number of H-pyrrole nitrogens is 1. The van der Waals surface area contributed by atoms with Crippen LogP contribution in [0.2, 0.25) is 0 Å². The second kappa shape index (κ2) is 11.0. The summed E-state index contributed by atoms with van der Waals surface area (Å²) in [7, 11) is -1.18. The molecule has 1 heterocycles. The first-order valence-corrected chi connectivity index (χ1v) is 11.4. The number of rotatable bonds is 11. The van der Waals surface area contributed by atoms with Crippen LogP contribution in [-0.4, -0.2) is 68.1 Å². The molecule has 0 radical (unpaired) electrons. The average Bonchev–Trinajstić information content (AvgIpc) is 3.31. The molecule has 0 spiro atoms. The lowest BCUT2D eigenvalue weighted by molar-refractivity contribution is 0.0748. The van der Waals surface area contributed by atoms with Gasteiger partial charge in [-0.2, -0.15) is 20.7 Å². The molecule has 2 N–H and O–H groups in total. The second-order valence-electron chi connectivity index (χ2n) is 7.56. The van der Waals surface area contributed by atoms with Crippen molar-refractivity contribution in [3.8, 4) is 11.8 Å². The van der Waals surface area contributed by atoms with E-state index < -0.39 is 22.7 Å². The zero-order chi connectivity index (χ0) is 23.9. The largest absolute Gasteiger partial charge is 0.495 e. The van der Waals surface area contributed by atoms with E-state index in [1.165, 1.54) is 36.4 Å². The Hall–Kier alpha value is -3.04. The number of aromatic amines is 1. The van der Waals surface area contributed by atoms with Crippen LogP contribution in [0, 0.1) is 23.2 Å². The third-order valence-corrected chi connectivity index (χ3v) is 6.89. The predicted molar refractivity (Wildman–Crippen MR) is 114 cm³/mol. The maximum Gasteiger partial charge on any atom is 0.275 e. The lowest BCUT2D eigenvalue weighted by atomic mass is 9.87. The van der Waals surface area contributed by atoms with E-state index in [4.69, 9.17) is 10.00 Å². The molecular weight excluding hydrogens is 439 g/mol. The van der Waals surface area contributed by atoms with Gasteiger partial charge in [0.15, 0.2) is 5.69 Å². The highest BCUT2D eigenvalue weighted by molar-refractivity contribution is 7.89. The average molecular weight is 467 g/mol. The van der Waals surface area contributed by atoms with Crippen molar-refractivity contribution >= 4 is 15.9 Å². The number of nitrogens with one attached hydrogen (secondary N) is 2. The number of hydrogen-bond acceptors (Lipinski definition) is 7. The minimum absolute atomic E-state index is 0.0497. The lowest BCUT2D eigenvalue weighted by Crippen LogP contribution is -2.44. The SMILES string of the molecule is COc1ccc(C#N)cc1S(=O)(=O)N[C@H](CCF)[C@@H](C)[C@H](C)CN(C)C(=O)c1cn[nH]n1. The van der Waals surface area contributed by atoms with Gasteiger partial charge in [-0.3, -0.25) is 9.18 Å². The van der Waals surface area contributed by atoms with Crippen LogP contribution in [0.15, 0.2) is 29.3 Å². The highest BCUT2D eigenvalue weighted by Crippen LogP contribution is 2.27. The molecule has 1 aromatic carbocycles. The third kappa shape index (κ3) is 6.02. The molecule has 10 nitrogen and oxygen atoms in total. The van der Waals surface area contributed by atoms with Crippen LogP contribution < -0.4 is 9.46 Å². The number of benzene rings is 1. The van der Waals surface area contributed by atoms with Crippen LogP contribution in [0.25, 0.3) is 0 Å². The van der Waals surface area contributed by atoms with Crippen LogP contribution in [0.5, 0.6) is 5.75 Å². The topological polar surface area (TPSA) is 141 Å². The number of alkyl halides is 1. The number of amides is 1. The molecule has 3 atom stereocenters. The summed E-state index contributed by atoms with van der Waals surface area (Å²) in [5, 5.41) is 18.9. The summed E-state index contributed by atoms with van der Waals surface area (Å²) in [5.74, 6) is -0.756. The molecule has 0 aliphatic heterocycles. The molecule has 0 unspecified atom stereocenters. The third-order valence-electron chi connectivity index (χ3n) is 5.38. The van der Waals surface area contributed by atoms with Gasteiger partial charge in [-0.15, -0.1) is 0 Å². The first-order chi connectivity index (χ1) is 15.1. The van der Waals surface area contributed by atoms with E-state index in [2.05, 4.69) is 20.1 Å². The van der Waals surface area contributed by atoms with Gasteiger partial charge in [0, 0.05) is 19.6 Å². The number of sulfonamides is 1. The first kappa shape index (κ1) is 25.2. The van der Waals surface area contributed by atoms with Gasteiger partial charge in [0.05, 0.1) is 31.6 Å². The van der Waals surface area contributed by atoms with Gasteiger partial charge in [-0.05, 0) is 36.5 Å². The number of ether oxygens (including phenoxy) is 1. The molecule has 0 fully saturated rings. The zero-order valence-electron chi connectivity index (χ0n) is 18.4. The number of halogens is 1. The van der Waals surface area contributed by atoms with Gasteiger partial charge < -0.3 is 9.64 Å². The number of carbonyl (C=O) groups is 1. The highest BCUT2D eigenvalue weighted by Gasteiger charge is 2.31. The molecule has 0 aliphatic carbocycles. The molecule has 0 aliphatic rings. The van der Waals surface area contributed by atoms with E-state index in [0.29, 0.717) is 6.54 Å². The molecule has 12 heteroatoms. The molecular formula is C20H27FN6O4S. The standard InChI is InChI=1S/C20H27FN6O4S/c1-13(12-27(3)20(28)17-11-23-26-24-17)14(2)16(7-8-21)25-32(29,30)19-9-15(10-22)5-6-18(19)31-4/h5-6,9,11,13-14,16,25H,7-8,12H2,1-4H3,(H,23,24,26)/t13-,14+,16-/m1/s1. The molecule has 1 aromatic heterocycles. The van der Waals surface area contributed by atoms with Crippen molar-refractivity contribution in [1.29, 1.82) is 5.26 Å². The Morgan fingerprint density at radius 3 is 2.69 bits per heavy atom. The van der Waals surface area contributed by atoms with Crippen molar-refractivity contribution in [3.63, 3.8) is 0 Å². The summed E-state index contributed by atoms with van der Waals surface area (Å²) in [6, 6.07) is 5.21. The van der Waals surface area contributed by atoms with Gasteiger partial charge in [0.2, 0.25) is 10.0 Å². The number of nitrogens with zero attached hydrogens (tertiary/aromatic N) is 4. The van der Waals surface area contributed by atoms with Gasteiger partial charge in [0.1, 0.15) is 10.6 Å². The number of carbonyl (C=O) groups excluding carboxylic acids is 1. The molecule has 0 bridgehead atoms. The normalized spacial score (nSPS) is 14.2. The first-order valence-electron chi connectivity index (χ1n) is 9.92. The number of hydrogen-bond donors (Lipinski definition) is 2. The molecule has 0 saturated carbocycles. The molecule has 2 aromatic rings. The summed E-state index contributed by atoms with van der Waals surface area (Å²) in [5.41, 5.74) is 0.320. The van der Waals surface area contributed by atoms with Crippen molar-refractivity contribution in [2.24, 2.45) is 11.8 Å². The predicted octanol–water partition coefficient (Wildman–Crippen LogP) is 1.74. The Morgan fingerprint density at radius 2 is 2.12 bits per heavy atom. The van der Waals surface area contributed by atoms with E-state index >= 15 is 0 Å². The fraction of sp³-hybridized carbons (Fsp3) is 0.500. The summed E-state index contributed by atoms with van der Waals surface area (Å²) in [6.07, 6.45) is 1.27. The monoisotopic (exact) mass is 466 g/mol. The molecule has 32 heavy (non-hydrogen) atoms. The Bertz CT molecular complexity index is 1050. The van der Waals surface area contributed by atoms with Crippen molar-refractivity contribution in [3.05, 3.63) is 35.7 Å². The quantitative estimate of drug-likeness (QED) is 0.514. The Kier molecular flexibility index (Phi) is 8.68. The van der Waals surface area contributed by atoms with Crippen molar-refractivity contribution in [2.45, 2.75) is 31.2 Å². The van der Waals surface area contributed by atoms with Gasteiger partial charge >= 0.3 is 0 Å². The van der Waals surface area contributed by atoms with E-state index in [1.807, 2.05) is 13.0 Å². The number of nitriles is 1. The molecule has 1 amide bonds. The summed E-state index contributed by atoms with van der Waals surface area (Å²) in [6.45, 7) is 3.22. The Labute approximate surface area is 186 Å². The van der Waals surface area contributed by atoms with Crippen LogP contribution in [0.1, 0.15) is 36.3 Å². The zero-order valence-corrected chi connectivity index (χ0v) is 19.2. The van der Waals surface area contributed by atoms with Crippen LogP contribution in [0.3, 0.4) is 0 Å². The molecule has 2 rings (SSSR count). The second-order valence-corrected chi connectivity index (χ2v) is 9.24. The van der Waals surface area contributed by atoms with E-state index in [0.717, 1.165) is 0 Å².